The molecule has 0 fully saturated rings. The zero-order valence-corrected chi connectivity index (χ0v) is 15.1. The summed E-state index contributed by atoms with van der Waals surface area (Å²) in [6.07, 6.45) is 0. The molecular weight excluding hydrogens is 332 g/mol. The van der Waals surface area contributed by atoms with E-state index >= 15 is 0 Å². The number of rotatable bonds is 4. The second kappa shape index (κ2) is 6.63. The monoisotopic (exact) mass is 352 g/mol. The maximum Gasteiger partial charge on any atom is 0.261 e. The van der Waals surface area contributed by atoms with Crippen molar-refractivity contribution in [2.45, 2.75) is 19.9 Å². The van der Waals surface area contributed by atoms with Crippen molar-refractivity contribution in [2.75, 3.05) is 14.2 Å². The first-order valence-electron chi connectivity index (χ1n) is 8.25. The van der Waals surface area contributed by atoms with E-state index in [0.29, 0.717) is 16.9 Å². The fourth-order valence-electron chi connectivity index (χ4n) is 3.05. The SMILES string of the molecule is COc1ccc(C)cc1C(C)NC(=O)c1ccc2c(c1)C(=O)N(C)C2=O. The van der Waals surface area contributed by atoms with Crippen LogP contribution in [0.3, 0.4) is 0 Å². The molecule has 0 saturated carbocycles. The van der Waals surface area contributed by atoms with Gasteiger partial charge >= 0.3 is 0 Å². The lowest BCUT2D eigenvalue weighted by molar-refractivity contribution is 0.0693. The number of hydrogen-bond donors (Lipinski definition) is 1. The second-order valence-corrected chi connectivity index (χ2v) is 6.37. The summed E-state index contributed by atoms with van der Waals surface area (Å²) in [4.78, 5) is 37.7. The molecule has 1 heterocycles. The first-order chi connectivity index (χ1) is 12.3. The van der Waals surface area contributed by atoms with Crippen molar-refractivity contribution in [3.05, 3.63) is 64.2 Å². The topological polar surface area (TPSA) is 75.7 Å². The van der Waals surface area contributed by atoms with Crippen molar-refractivity contribution in [1.82, 2.24) is 10.2 Å². The molecule has 0 bridgehead atoms. The van der Waals surface area contributed by atoms with Crippen LogP contribution < -0.4 is 10.1 Å². The Kier molecular flexibility index (Phi) is 4.50. The lowest BCUT2D eigenvalue weighted by Gasteiger charge is -2.18. The van der Waals surface area contributed by atoms with E-state index in [9.17, 15) is 14.4 Å². The molecule has 1 N–H and O–H groups in total. The zero-order valence-electron chi connectivity index (χ0n) is 15.1. The normalized spacial score (nSPS) is 14.2. The zero-order chi connectivity index (χ0) is 19.0. The van der Waals surface area contributed by atoms with Crippen molar-refractivity contribution in [1.29, 1.82) is 0 Å². The molecule has 3 amide bonds. The molecule has 6 heteroatoms. The maximum atomic E-state index is 12.6. The fraction of sp³-hybridized carbons (Fsp3) is 0.250. The highest BCUT2D eigenvalue weighted by atomic mass is 16.5. The van der Waals surface area contributed by atoms with Gasteiger partial charge in [0.2, 0.25) is 0 Å². The van der Waals surface area contributed by atoms with E-state index in [4.69, 9.17) is 4.74 Å². The van der Waals surface area contributed by atoms with Crippen LogP contribution in [0.15, 0.2) is 36.4 Å². The van der Waals surface area contributed by atoms with Crippen molar-refractivity contribution >= 4 is 17.7 Å². The standard InChI is InChI=1S/C20H20N2O4/c1-11-5-8-17(26-4)15(9-11)12(2)21-18(23)13-6-7-14-16(10-13)20(25)22(3)19(14)24/h5-10,12H,1-4H3,(H,21,23). The van der Waals surface area contributed by atoms with E-state index < -0.39 is 5.91 Å². The van der Waals surface area contributed by atoms with E-state index in [-0.39, 0.29) is 23.4 Å². The number of benzene rings is 2. The summed E-state index contributed by atoms with van der Waals surface area (Å²) >= 11 is 0. The Bertz CT molecular complexity index is 920. The molecule has 0 aliphatic carbocycles. The van der Waals surface area contributed by atoms with Crippen LogP contribution in [-0.2, 0) is 0 Å². The summed E-state index contributed by atoms with van der Waals surface area (Å²) in [7, 11) is 3.01. The number of nitrogens with zero attached hydrogens (tertiary/aromatic N) is 1. The summed E-state index contributed by atoms with van der Waals surface area (Å²) in [5, 5.41) is 2.91. The number of imide groups is 1. The van der Waals surface area contributed by atoms with Gasteiger partial charge in [-0.05, 0) is 38.1 Å². The van der Waals surface area contributed by atoms with Crippen molar-refractivity contribution in [2.24, 2.45) is 0 Å². The van der Waals surface area contributed by atoms with Gasteiger partial charge in [0.25, 0.3) is 17.7 Å². The van der Waals surface area contributed by atoms with E-state index in [2.05, 4.69) is 5.32 Å². The highest BCUT2D eigenvalue weighted by molar-refractivity contribution is 6.21. The van der Waals surface area contributed by atoms with Crippen LogP contribution >= 0.6 is 0 Å². The van der Waals surface area contributed by atoms with Crippen LogP contribution in [0.1, 0.15) is 55.2 Å². The summed E-state index contributed by atoms with van der Waals surface area (Å²) in [5.74, 6) is -0.374. The molecule has 2 aromatic rings. The summed E-state index contributed by atoms with van der Waals surface area (Å²) in [6, 6.07) is 10.0. The third kappa shape index (κ3) is 2.94. The van der Waals surface area contributed by atoms with Crippen molar-refractivity contribution < 1.29 is 19.1 Å². The molecule has 1 aliphatic rings. The predicted octanol–water partition coefficient (Wildman–Crippen LogP) is 2.72. The third-order valence-corrected chi connectivity index (χ3v) is 4.55. The molecule has 0 spiro atoms. The molecule has 0 radical (unpaired) electrons. The Hall–Kier alpha value is -3.15. The van der Waals surface area contributed by atoms with Crippen LogP contribution in [0.5, 0.6) is 5.75 Å². The highest BCUT2D eigenvalue weighted by Gasteiger charge is 2.33. The molecule has 134 valence electrons. The Morgan fingerprint density at radius 3 is 2.46 bits per heavy atom. The molecule has 1 aliphatic heterocycles. The lowest BCUT2D eigenvalue weighted by atomic mass is 10.0. The summed E-state index contributed by atoms with van der Waals surface area (Å²) < 4.78 is 5.37. The van der Waals surface area contributed by atoms with Gasteiger partial charge in [-0.2, -0.15) is 0 Å². The van der Waals surface area contributed by atoms with E-state index in [1.807, 2.05) is 32.0 Å². The number of hydrogen-bond acceptors (Lipinski definition) is 4. The van der Waals surface area contributed by atoms with Crippen molar-refractivity contribution in [3.63, 3.8) is 0 Å². The number of amides is 3. The van der Waals surface area contributed by atoms with Gasteiger partial charge < -0.3 is 10.1 Å². The molecule has 1 atom stereocenters. The van der Waals surface area contributed by atoms with E-state index in [1.54, 1.807) is 13.2 Å². The van der Waals surface area contributed by atoms with Gasteiger partial charge in [-0.3, -0.25) is 19.3 Å². The van der Waals surface area contributed by atoms with Crippen LogP contribution in [0.4, 0.5) is 0 Å². The Labute approximate surface area is 151 Å². The molecule has 0 saturated heterocycles. The van der Waals surface area contributed by atoms with Gasteiger partial charge in [-0.1, -0.05) is 17.7 Å². The van der Waals surface area contributed by atoms with Gasteiger partial charge in [0.15, 0.2) is 0 Å². The van der Waals surface area contributed by atoms with Gasteiger partial charge in [0.05, 0.1) is 24.3 Å². The van der Waals surface area contributed by atoms with Crippen LogP contribution in [0, 0.1) is 6.92 Å². The minimum atomic E-state index is -0.395. The van der Waals surface area contributed by atoms with Crippen LogP contribution in [0.25, 0.3) is 0 Å². The van der Waals surface area contributed by atoms with Crippen LogP contribution in [0.2, 0.25) is 0 Å². The molecule has 2 aromatic carbocycles. The van der Waals surface area contributed by atoms with Crippen LogP contribution in [-0.4, -0.2) is 36.8 Å². The smallest absolute Gasteiger partial charge is 0.261 e. The first kappa shape index (κ1) is 17.7. The second-order valence-electron chi connectivity index (χ2n) is 6.37. The number of carbonyl (C=O) groups excluding carboxylic acids is 3. The number of carbonyl (C=O) groups is 3. The maximum absolute atomic E-state index is 12.6. The van der Waals surface area contributed by atoms with Gasteiger partial charge in [-0.15, -0.1) is 0 Å². The van der Waals surface area contributed by atoms with E-state index in [0.717, 1.165) is 16.0 Å². The minimum Gasteiger partial charge on any atom is -0.496 e. The number of methoxy groups -OCH3 is 1. The van der Waals surface area contributed by atoms with Gasteiger partial charge in [-0.25, -0.2) is 0 Å². The third-order valence-electron chi connectivity index (χ3n) is 4.55. The van der Waals surface area contributed by atoms with Crippen molar-refractivity contribution in [3.8, 4) is 5.75 Å². The first-order valence-corrected chi connectivity index (χ1v) is 8.25. The van der Waals surface area contributed by atoms with E-state index in [1.165, 1.54) is 19.2 Å². The average molecular weight is 352 g/mol. The number of ether oxygens (including phenoxy) is 1. The quantitative estimate of drug-likeness (QED) is 0.859. The molecule has 1 unspecified atom stereocenters. The molecule has 3 rings (SSSR count). The van der Waals surface area contributed by atoms with Gasteiger partial charge in [0, 0.05) is 18.2 Å². The number of fused-ring (bicyclic) bond motifs is 1. The molecule has 6 nitrogen and oxygen atoms in total. The van der Waals surface area contributed by atoms with Gasteiger partial charge in [0.1, 0.15) is 5.75 Å². The fourth-order valence-corrected chi connectivity index (χ4v) is 3.05. The Balaban J connectivity index is 1.85. The molecule has 0 aromatic heterocycles. The Morgan fingerprint density at radius 1 is 1.08 bits per heavy atom. The average Bonchev–Trinajstić information content (AvgIpc) is 2.85. The predicted molar refractivity (Wildman–Crippen MR) is 96.5 cm³/mol. The minimum absolute atomic E-state index is 0.255. The summed E-state index contributed by atoms with van der Waals surface area (Å²) in [5.41, 5.74) is 2.84. The molecular formula is C20H20N2O4. The Morgan fingerprint density at radius 2 is 1.77 bits per heavy atom. The number of aryl methyl sites for hydroxylation is 1. The lowest BCUT2D eigenvalue weighted by Crippen LogP contribution is -2.27. The largest absolute Gasteiger partial charge is 0.496 e. The highest BCUT2D eigenvalue weighted by Crippen LogP contribution is 2.27. The number of nitrogens with one attached hydrogen (secondary N) is 1. The molecule has 26 heavy (non-hydrogen) atoms. The summed E-state index contributed by atoms with van der Waals surface area (Å²) in [6.45, 7) is 3.84.